The zero-order chi connectivity index (χ0) is 13.7. The molecule has 0 radical (unpaired) electrons. The highest BCUT2D eigenvalue weighted by Crippen LogP contribution is 2.35. The maximum atomic E-state index is 6.32. The summed E-state index contributed by atoms with van der Waals surface area (Å²) < 4.78 is 0.979. The maximum absolute atomic E-state index is 6.32. The summed E-state index contributed by atoms with van der Waals surface area (Å²) >= 11 is 11.4. The molecule has 0 aliphatic heterocycles. The molecule has 0 spiro atoms. The Bertz CT molecular complexity index is 563. The number of hydrogen-bond acceptors (Lipinski definition) is 3. The van der Waals surface area contributed by atoms with Crippen LogP contribution in [0.5, 0.6) is 0 Å². The lowest BCUT2D eigenvalue weighted by atomic mass is 10.2. The van der Waals surface area contributed by atoms with Crippen LogP contribution in [0.4, 0.5) is 0 Å². The standard InChI is InChI=1S/C14H14BrClN2S/c1-2-17-9-10-5-6-13(12(16)8-10)19-14-11(15)4-3-7-18-14/h3-8,17H,2,9H2,1H3. The zero-order valence-corrected chi connectivity index (χ0v) is 13.6. The van der Waals surface area contributed by atoms with Crippen LogP contribution in [0.2, 0.25) is 5.02 Å². The van der Waals surface area contributed by atoms with Gasteiger partial charge in [-0.1, -0.05) is 36.4 Å². The van der Waals surface area contributed by atoms with E-state index < -0.39 is 0 Å². The molecular formula is C14H14BrClN2S. The maximum Gasteiger partial charge on any atom is 0.115 e. The molecule has 1 heterocycles. The number of benzene rings is 1. The molecule has 0 amide bonds. The first-order chi connectivity index (χ1) is 9.20. The van der Waals surface area contributed by atoms with E-state index in [4.69, 9.17) is 11.6 Å². The van der Waals surface area contributed by atoms with Gasteiger partial charge in [0.05, 0.1) is 9.50 Å². The Morgan fingerprint density at radius 1 is 1.37 bits per heavy atom. The van der Waals surface area contributed by atoms with Gasteiger partial charge >= 0.3 is 0 Å². The first kappa shape index (κ1) is 14.9. The number of halogens is 2. The molecule has 2 rings (SSSR count). The van der Waals surface area contributed by atoms with Crippen molar-refractivity contribution in [3.05, 3.63) is 51.6 Å². The number of aromatic nitrogens is 1. The molecule has 0 atom stereocenters. The summed E-state index contributed by atoms with van der Waals surface area (Å²) in [6.07, 6.45) is 1.78. The van der Waals surface area contributed by atoms with E-state index in [2.05, 4.69) is 39.2 Å². The van der Waals surface area contributed by atoms with Gasteiger partial charge < -0.3 is 5.32 Å². The molecule has 0 fully saturated rings. The lowest BCUT2D eigenvalue weighted by Gasteiger charge is -2.08. The van der Waals surface area contributed by atoms with Gasteiger partial charge in [0, 0.05) is 17.6 Å². The van der Waals surface area contributed by atoms with E-state index in [1.807, 2.05) is 24.3 Å². The Hall–Kier alpha value is -0.550. The third kappa shape index (κ3) is 4.21. The van der Waals surface area contributed by atoms with E-state index >= 15 is 0 Å². The predicted octanol–water partition coefficient (Wildman–Crippen LogP) is 4.76. The highest BCUT2D eigenvalue weighted by molar-refractivity contribution is 9.10. The van der Waals surface area contributed by atoms with Crippen molar-refractivity contribution in [2.45, 2.75) is 23.4 Å². The second-order valence-corrected chi connectivity index (χ2v) is 6.23. The van der Waals surface area contributed by atoms with Crippen molar-refractivity contribution in [1.29, 1.82) is 0 Å². The van der Waals surface area contributed by atoms with Gasteiger partial charge in [0.2, 0.25) is 0 Å². The molecule has 0 unspecified atom stereocenters. The van der Waals surface area contributed by atoms with Crippen LogP contribution >= 0.6 is 39.3 Å². The molecule has 19 heavy (non-hydrogen) atoms. The number of nitrogens with zero attached hydrogens (tertiary/aromatic N) is 1. The largest absolute Gasteiger partial charge is 0.313 e. The van der Waals surface area contributed by atoms with Crippen LogP contribution in [0, 0.1) is 0 Å². The normalized spacial score (nSPS) is 10.7. The summed E-state index contributed by atoms with van der Waals surface area (Å²) in [5.41, 5.74) is 1.19. The van der Waals surface area contributed by atoms with Crippen molar-refractivity contribution in [3.8, 4) is 0 Å². The Balaban J connectivity index is 2.15. The number of nitrogens with one attached hydrogen (secondary N) is 1. The van der Waals surface area contributed by atoms with Gasteiger partial charge in [-0.2, -0.15) is 0 Å². The highest BCUT2D eigenvalue weighted by atomic mass is 79.9. The SMILES string of the molecule is CCNCc1ccc(Sc2ncccc2Br)c(Cl)c1. The molecule has 0 bridgehead atoms. The second kappa shape index (κ2) is 7.29. The first-order valence-corrected chi connectivity index (χ1v) is 7.97. The van der Waals surface area contributed by atoms with Gasteiger partial charge in [-0.15, -0.1) is 0 Å². The van der Waals surface area contributed by atoms with Gasteiger partial charge in [-0.05, 0) is 52.3 Å². The summed E-state index contributed by atoms with van der Waals surface area (Å²) in [6.45, 7) is 3.88. The smallest absolute Gasteiger partial charge is 0.115 e. The molecule has 0 saturated heterocycles. The molecule has 1 aromatic carbocycles. The molecule has 100 valence electrons. The van der Waals surface area contributed by atoms with E-state index in [1.165, 1.54) is 5.56 Å². The molecule has 2 nitrogen and oxygen atoms in total. The minimum Gasteiger partial charge on any atom is -0.313 e. The van der Waals surface area contributed by atoms with Crippen LogP contribution < -0.4 is 5.32 Å². The third-order valence-electron chi connectivity index (χ3n) is 2.51. The molecular weight excluding hydrogens is 344 g/mol. The average molecular weight is 358 g/mol. The number of hydrogen-bond donors (Lipinski definition) is 1. The van der Waals surface area contributed by atoms with E-state index in [0.29, 0.717) is 0 Å². The van der Waals surface area contributed by atoms with Crippen LogP contribution in [0.15, 0.2) is 50.9 Å². The Morgan fingerprint density at radius 3 is 2.89 bits per heavy atom. The van der Waals surface area contributed by atoms with Gasteiger partial charge in [-0.25, -0.2) is 4.98 Å². The Morgan fingerprint density at radius 2 is 2.21 bits per heavy atom. The van der Waals surface area contributed by atoms with Crippen LogP contribution in [0.1, 0.15) is 12.5 Å². The zero-order valence-electron chi connectivity index (χ0n) is 10.5. The fourth-order valence-electron chi connectivity index (χ4n) is 1.56. The third-order valence-corrected chi connectivity index (χ3v) is 4.93. The molecule has 0 aliphatic carbocycles. The topological polar surface area (TPSA) is 24.9 Å². The van der Waals surface area contributed by atoms with Crippen LogP contribution in [-0.4, -0.2) is 11.5 Å². The van der Waals surface area contributed by atoms with Crippen molar-refractivity contribution in [2.75, 3.05) is 6.54 Å². The van der Waals surface area contributed by atoms with Gasteiger partial charge in [-0.3, -0.25) is 0 Å². The van der Waals surface area contributed by atoms with E-state index in [-0.39, 0.29) is 0 Å². The van der Waals surface area contributed by atoms with Crippen molar-refractivity contribution in [3.63, 3.8) is 0 Å². The Kier molecular flexibility index (Phi) is 5.70. The monoisotopic (exact) mass is 356 g/mol. The Labute approximate surface area is 131 Å². The second-order valence-electron chi connectivity index (χ2n) is 3.94. The number of pyridine rings is 1. The lowest BCUT2D eigenvalue weighted by molar-refractivity contribution is 0.726. The molecule has 1 N–H and O–H groups in total. The van der Waals surface area contributed by atoms with E-state index in [0.717, 1.165) is 32.5 Å². The van der Waals surface area contributed by atoms with Crippen LogP contribution in [0.3, 0.4) is 0 Å². The van der Waals surface area contributed by atoms with Gasteiger partial charge in [0.15, 0.2) is 0 Å². The predicted molar refractivity (Wildman–Crippen MR) is 84.9 cm³/mol. The average Bonchev–Trinajstić information content (AvgIpc) is 2.41. The summed E-state index contributed by atoms with van der Waals surface area (Å²) in [5.74, 6) is 0. The molecule has 2 aromatic rings. The van der Waals surface area contributed by atoms with Crippen LogP contribution in [-0.2, 0) is 6.54 Å². The molecule has 1 aromatic heterocycles. The van der Waals surface area contributed by atoms with Crippen molar-refractivity contribution in [2.24, 2.45) is 0 Å². The van der Waals surface area contributed by atoms with Gasteiger partial charge in [0.1, 0.15) is 5.03 Å². The minimum absolute atomic E-state index is 0.762. The molecule has 0 saturated carbocycles. The fourth-order valence-corrected chi connectivity index (χ4v) is 3.15. The summed E-state index contributed by atoms with van der Waals surface area (Å²) in [7, 11) is 0. The summed E-state index contributed by atoms with van der Waals surface area (Å²) in [4.78, 5) is 5.35. The van der Waals surface area contributed by atoms with Crippen molar-refractivity contribution < 1.29 is 0 Å². The quantitative estimate of drug-likeness (QED) is 0.835. The van der Waals surface area contributed by atoms with Gasteiger partial charge in [0.25, 0.3) is 0 Å². The molecule has 5 heteroatoms. The van der Waals surface area contributed by atoms with Crippen LogP contribution in [0.25, 0.3) is 0 Å². The van der Waals surface area contributed by atoms with Crippen molar-refractivity contribution >= 4 is 39.3 Å². The highest BCUT2D eigenvalue weighted by Gasteiger charge is 2.07. The first-order valence-electron chi connectivity index (χ1n) is 5.98. The van der Waals surface area contributed by atoms with E-state index in [1.54, 1.807) is 18.0 Å². The minimum atomic E-state index is 0.762. The summed E-state index contributed by atoms with van der Waals surface area (Å²) in [5, 5.41) is 4.97. The summed E-state index contributed by atoms with van der Waals surface area (Å²) in [6, 6.07) is 10.0. The number of rotatable bonds is 5. The van der Waals surface area contributed by atoms with Crippen molar-refractivity contribution in [1.82, 2.24) is 10.3 Å². The lowest BCUT2D eigenvalue weighted by Crippen LogP contribution is -2.11. The fraction of sp³-hybridized carbons (Fsp3) is 0.214. The van der Waals surface area contributed by atoms with E-state index in [9.17, 15) is 0 Å². The molecule has 0 aliphatic rings.